The van der Waals surface area contributed by atoms with Gasteiger partial charge in [0, 0.05) is 70.8 Å². The first-order chi connectivity index (χ1) is 31.0. The van der Waals surface area contributed by atoms with E-state index in [0.717, 1.165) is 11.1 Å². The fraction of sp³-hybridized carbons (Fsp3) is 0.189. The summed E-state index contributed by atoms with van der Waals surface area (Å²) in [6.45, 7) is -0.899. The number of carbonyl (C=O) groups excluding carboxylic acids is 3. The molecule has 2 heterocycles. The van der Waals surface area contributed by atoms with Crippen molar-refractivity contribution in [2.24, 2.45) is 22.7 Å². The largest absolute Gasteiger partial charge is 0.396 e. The molecule has 8 rings (SSSR count). The Labute approximate surface area is 392 Å². The van der Waals surface area contributed by atoms with E-state index >= 15 is 14.4 Å². The number of benzene rings is 4. The quantitative estimate of drug-likeness (QED) is 0.0931. The molecule has 11 heteroatoms. The maximum absolute atomic E-state index is 17.0. The van der Waals surface area contributed by atoms with Crippen molar-refractivity contribution in [2.75, 3.05) is 13.2 Å². The molecule has 0 bridgehead atoms. The van der Waals surface area contributed by atoms with Gasteiger partial charge in [0.05, 0.1) is 30.9 Å². The van der Waals surface area contributed by atoms with Crippen LogP contribution in [-0.2, 0) is 4.79 Å². The number of dihydropyridines is 2. The maximum Gasteiger partial charge on any atom is 0.193 e. The van der Waals surface area contributed by atoms with Gasteiger partial charge in [-0.2, -0.15) is 0 Å². The minimum absolute atomic E-state index is 0.125. The van der Waals surface area contributed by atoms with E-state index in [-0.39, 0.29) is 55.6 Å². The fourth-order valence-corrected chi connectivity index (χ4v) is 10.4. The third kappa shape index (κ3) is 8.33. The van der Waals surface area contributed by atoms with Crippen LogP contribution in [0.25, 0.3) is 11.1 Å². The van der Waals surface area contributed by atoms with E-state index in [1.807, 2.05) is 48.8 Å². The Kier molecular flexibility index (Phi) is 13.6. The van der Waals surface area contributed by atoms with E-state index < -0.39 is 41.7 Å². The van der Waals surface area contributed by atoms with Crippen molar-refractivity contribution in [3.63, 3.8) is 0 Å². The van der Waals surface area contributed by atoms with Crippen molar-refractivity contribution >= 4 is 74.9 Å². The van der Waals surface area contributed by atoms with Crippen LogP contribution in [0, 0.1) is 22.7 Å². The number of hydrogen-bond acceptors (Lipinski definition) is 7. The summed E-state index contributed by atoms with van der Waals surface area (Å²) in [7, 11) is 0. The summed E-state index contributed by atoms with van der Waals surface area (Å²) in [5.74, 6) is -2.72. The average Bonchev–Trinajstić information content (AvgIpc) is 3.33. The predicted molar refractivity (Wildman–Crippen MR) is 257 cm³/mol. The van der Waals surface area contributed by atoms with Crippen LogP contribution in [0.3, 0.4) is 0 Å². The Morgan fingerprint density at radius 3 is 1.33 bits per heavy atom. The van der Waals surface area contributed by atoms with Gasteiger partial charge in [0.2, 0.25) is 0 Å². The second-order valence-corrected chi connectivity index (χ2v) is 17.7. The number of Topliss-reactive ketones (excluding diaryl/α,β-unsaturated/α-hetero) is 3. The fourth-order valence-electron chi connectivity index (χ4n) is 9.58. The average molecular weight is 931 g/mol. The van der Waals surface area contributed by atoms with E-state index in [1.54, 1.807) is 109 Å². The number of halogens is 4. The molecule has 0 fully saturated rings. The van der Waals surface area contributed by atoms with Crippen molar-refractivity contribution in [2.45, 2.75) is 25.7 Å². The molecular formula is C53H44Cl4N2O5. The normalized spacial score (nSPS) is 22.7. The van der Waals surface area contributed by atoms with Crippen molar-refractivity contribution < 1.29 is 24.6 Å². The second-order valence-electron chi connectivity index (χ2n) is 16.2. The molecule has 0 amide bonds. The van der Waals surface area contributed by atoms with Gasteiger partial charge in [0.25, 0.3) is 0 Å². The monoisotopic (exact) mass is 928 g/mol. The highest BCUT2D eigenvalue weighted by molar-refractivity contribution is 6.44. The van der Waals surface area contributed by atoms with Gasteiger partial charge < -0.3 is 20.8 Å². The van der Waals surface area contributed by atoms with Crippen LogP contribution < -0.4 is 10.6 Å². The van der Waals surface area contributed by atoms with Gasteiger partial charge in [-0.25, -0.2) is 0 Å². The lowest BCUT2D eigenvalue weighted by molar-refractivity contribution is -0.139. The summed E-state index contributed by atoms with van der Waals surface area (Å²) in [4.78, 5) is 47.2. The van der Waals surface area contributed by atoms with Crippen LogP contribution >= 0.6 is 46.4 Å². The molecule has 4 aliphatic rings. The highest BCUT2D eigenvalue weighted by atomic mass is 35.5. The van der Waals surface area contributed by atoms with E-state index in [2.05, 4.69) is 10.6 Å². The summed E-state index contributed by atoms with van der Waals surface area (Å²) >= 11 is 27.2. The molecule has 4 N–H and O–H groups in total. The molecule has 324 valence electrons. The minimum Gasteiger partial charge on any atom is -0.396 e. The molecular weight excluding hydrogens is 886 g/mol. The van der Waals surface area contributed by atoms with Crippen LogP contribution in [0.4, 0.5) is 0 Å². The van der Waals surface area contributed by atoms with Crippen LogP contribution in [-0.4, -0.2) is 40.8 Å². The number of nitrogens with one attached hydrogen (secondary N) is 2. The molecule has 4 aromatic carbocycles. The Morgan fingerprint density at radius 2 is 0.969 bits per heavy atom. The molecule has 4 atom stereocenters. The minimum atomic E-state index is -1.66. The predicted octanol–water partition coefficient (Wildman–Crippen LogP) is 11.7. The Morgan fingerprint density at radius 1 is 0.562 bits per heavy atom. The van der Waals surface area contributed by atoms with E-state index in [0.29, 0.717) is 46.2 Å². The first-order valence-electron chi connectivity index (χ1n) is 21.0. The highest BCUT2D eigenvalue weighted by Gasteiger charge is 2.58. The van der Waals surface area contributed by atoms with Gasteiger partial charge in [0.15, 0.2) is 17.3 Å². The zero-order chi connectivity index (χ0) is 45.0. The van der Waals surface area contributed by atoms with E-state index in [4.69, 9.17) is 46.4 Å². The lowest BCUT2D eigenvalue weighted by atomic mass is 9.51. The third-order valence-electron chi connectivity index (χ3n) is 12.6. The molecule has 0 radical (unpaired) electrons. The number of ketones is 3. The summed E-state index contributed by atoms with van der Waals surface area (Å²) in [5, 5.41) is 29.9. The maximum atomic E-state index is 17.0. The standard InChI is InChI=1S/C53H44Cl4N2O5/c54-45-19-7-17-37(47(45)56)39-27-43(35-15-9-23-58-31-35)52(21-25-60,29-41(39)49(62)33-11-3-1-4-12-33)51(64)53(22-26-61)30-42(50(63)34-13-5-2-6-14-34)40(38-18-8-20-46(55)48(38)57)28-44(53)36-16-10-24-59-32-36/h1-14,17-20,23-24,27-32,43-44,58-61H,15-16,21-22,25-26H2. The molecule has 4 unspecified atom stereocenters. The zero-order valence-electron chi connectivity index (χ0n) is 34.5. The topological polar surface area (TPSA) is 116 Å². The van der Waals surface area contributed by atoms with Gasteiger partial charge in [-0.05, 0) is 72.5 Å². The first-order valence-corrected chi connectivity index (χ1v) is 22.5. The Hall–Kier alpha value is -5.51. The van der Waals surface area contributed by atoms with E-state index in [9.17, 15) is 10.2 Å². The lowest BCUT2D eigenvalue weighted by Gasteiger charge is -2.50. The number of rotatable bonds is 14. The number of aliphatic hydroxyl groups is 2. The van der Waals surface area contributed by atoms with Crippen molar-refractivity contribution in [1.82, 2.24) is 10.6 Å². The van der Waals surface area contributed by atoms with Crippen molar-refractivity contribution in [3.05, 3.63) is 223 Å². The molecule has 0 aromatic heterocycles. The third-order valence-corrected chi connectivity index (χ3v) is 14.2. The number of aliphatic hydroxyl groups excluding tert-OH is 2. The molecule has 64 heavy (non-hydrogen) atoms. The summed E-state index contributed by atoms with van der Waals surface area (Å²) < 4.78 is 0. The van der Waals surface area contributed by atoms with Crippen LogP contribution in [0.5, 0.6) is 0 Å². The number of hydrogen-bond donors (Lipinski definition) is 4. The van der Waals surface area contributed by atoms with Crippen molar-refractivity contribution in [1.29, 1.82) is 0 Å². The summed E-state index contributed by atoms with van der Waals surface area (Å²) in [6, 6.07) is 27.9. The summed E-state index contributed by atoms with van der Waals surface area (Å²) in [5.41, 5.74) is 1.30. The smallest absolute Gasteiger partial charge is 0.193 e. The molecule has 4 aromatic rings. The molecule has 0 saturated heterocycles. The van der Waals surface area contributed by atoms with Crippen molar-refractivity contribution in [3.8, 4) is 0 Å². The molecule has 0 spiro atoms. The number of allylic oxidation sites excluding steroid dienone is 12. The lowest BCUT2D eigenvalue weighted by Crippen LogP contribution is -2.53. The van der Waals surface area contributed by atoms with Gasteiger partial charge in [0.1, 0.15) is 0 Å². The molecule has 0 saturated carbocycles. The molecule has 2 aliphatic carbocycles. The van der Waals surface area contributed by atoms with Crippen LogP contribution in [0.15, 0.2) is 181 Å². The Balaban J connectivity index is 1.46. The summed E-state index contributed by atoms with van der Waals surface area (Å²) in [6.07, 6.45) is 19.0. The first kappa shape index (κ1) is 45.1. The second kappa shape index (κ2) is 19.3. The highest BCUT2D eigenvalue weighted by Crippen LogP contribution is 2.58. The van der Waals surface area contributed by atoms with Gasteiger partial charge in [-0.1, -0.05) is 168 Å². The zero-order valence-corrected chi connectivity index (χ0v) is 37.6. The van der Waals surface area contributed by atoms with E-state index in [1.165, 1.54) is 0 Å². The SMILES string of the molecule is O=C(C1=CC(CCO)(C(=O)C2(CCO)C=C(C(=O)c3ccccc3)C(c3cccc(Cl)c3Cl)=CC2C2=CNC=CC2)C(C2=CNC=CC2)C=C1c1cccc(Cl)c1Cl)c1ccccc1. The molecule has 7 nitrogen and oxygen atoms in total. The van der Waals surface area contributed by atoms with Crippen LogP contribution in [0.2, 0.25) is 20.1 Å². The van der Waals surface area contributed by atoms with Crippen LogP contribution in [0.1, 0.15) is 57.5 Å². The van der Waals surface area contributed by atoms with Gasteiger partial charge >= 0.3 is 0 Å². The van der Waals surface area contributed by atoms with Gasteiger partial charge in [-0.3, -0.25) is 14.4 Å². The Bertz CT molecular complexity index is 2580. The van der Waals surface area contributed by atoms with Gasteiger partial charge in [-0.15, -0.1) is 0 Å². The molecule has 2 aliphatic heterocycles. The number of carbonyl (C=O) groups is 3.